The molecule has 1 aromatic heterocycles. The van der Waals surface area contributed by atoms with E-state index in [4.69, 9.17) is 47.5 Å². The van der Waals surface area contributed by atoms with Crippen LogP contribution in [-0.4, -0.2) is 288 Å². The van der Waals surface area contributed by atoms with Gasteiger partial charge in [-0.05, 0) is 122 Å². The maximum absolute atomic E-state index is 14.5. The molecule has 672 valence electrons. The molecular weight excluding hydrogens is 1590 g/mol. The van der Waals surface area contributed by atoms with Gasteiger partial charge < -0.3 is 84.9 Å². The highest BCUT2D eigenvalue weighted by molar-refractivity contribution is 8.00. The Morgan fingerprint density at radius 1 is 0.681 bits per heavy atom. The summed E-state index contributed by atoms with van der Waals surface area (Å²) in [6.45, 7) is 21.8. The summed E-state index contributed by atoms with van der Waals surface area (Å²) in [5, 5.41) is 39.0. The molecule has 1 fully saturated rings. The van der Waals surface area contributed by atoms with Crippen LogP contribution < -0.4 is 31.9 Å². The Bertz CT molecular complexity index is 3490. The van der Waals surface area contributed by atoms with Gasteiger partial charge in [0.2, 0.25) is 47.3 Å². The highest BCUT2D eigenvalue weighted by Crippen LogP contribution is 2.34. The fraction of sp³-hybridized carbons (Fsp3) is 0.720. The molecule has 0 spiro atoms. The second-order valence-electron chi connectivity index (χ2n) is 29.9. The molecule has 2 aromatic rings. The standard InChI is InChI=1S/C81H132N10O23S2.CO2/c1-14-55(5)60(50-69(95)81(8,9)89(10)11)78(103)90(12)64(54(3)4)51-67(114-57(7)92)77-88-63(53-116-77)76(102)85-59(47-56(6)80(105)106)48-58-25-26-66(94)62(49-58)87-73(99)23-17-16-22-65(93)61(86-74(100)24-20-33-91-75(101)52-68(115-13)79(91)104)21-18-19-30-82-70(96)27-34-109-42-45-113-46-43-110-36-29-72(98)84-32-38-112-44-41-108-35-28-71(97)83-31-37-111-40-39-107-15-2;2-1-3/h25-26,49,53-56,59-61,64,67-68,94H,14-24,27-48,50-52H2,1-13H3,(H,82,96)(H,83,97)(H,84,98)(H,85,102)(H,86,100)(H,87,99)(H,105,106);/t55-,56?,59+,60-,61-,64+,67+,68?;/m0./s1. The van der Waals surface area contributed by atoms with Gasteiger partial charge in [0, 0.05) is 128 Å². The first-order valence-corrected chi connectivity index (χ1v) is 43.1. The number of imide groups is 1. The molecule has 0 bridgehead atoms. The second-order valence-corrected chi connectivity index (χ2v) is 31.9. The SMILES string of the molecule is CCOCCOCCNC(=O)CCOCCOCCNC(=O)CCOCCOCCOCCC(=O)NCCCC[C@H](NC(=O)CCCN1C(=O)CC(SC)C1=O)C(=O)CCCCC(=O)Nc1cc(C[C@@H](CC(C)C(=O)O)NC(=O)c2csc([C@@H](C[C@H](C(C)C)N(C)C(=O)[C@@H](CC(=O)C(C)(C)N(C)C)[C@@H](C)CC)OC(C)=O)n2)ccc1O.O=C=O. The van der Waals surface area contributed by atoms with Crippen molar-refractivity contribution in [2.24, 2.45) is 23.7 Å². The predicted molar refractivity (Wildman–Crippen MR) is 443 cm³/mol. The van der Waals surface area contributed by atoms with Gasteiger partial charge in [-0.1, -0.05) is 47.1 Å². The number of nitrogens with one attached hydrogen (secondary N) is 6. The van der Waals surface area contributed by atoms with Crippen LogP contribution in [0.3, 0.4) is 0 Å². The third-order valence-corrected chi connectivity index (χ3v) is 21.9. The smallest absolute Gasteiger partial charge is 0.373 e. The second kappa shape index (κ2) is 61.1. The first-order valence-electron chi connectivity index (χ1n) is 40.9. The Labute approximate surface area is 708 Å². The van der Waals surface area contributed by atoms with E-state index in [1.807, 2.05) is 67.5 Å². The number of unbranched alkanes of at least 4 members (excludes halogenated alkanes) is 2. The maximum atomic E-state index is 14.5. The summed E-state index contributed by atoms with van der Waals surface area (Å²) >= 11 is 2.36. The van der Waals surface area contributed by atoms with Crippen LogP contribution >= 0.6 is 23.1 Å². The lowest BCUT2D eigenvalue weighted by molar-refractivity contribution is -0.192. The molecule has 1 saturated heterocycles. The molecule has 37 heteroatoms. The van der Waals surface area contributed by atoms with Gasteiger partial charge in [-0.3, -0.25) is 72.1 Å². The number of hydrogen-bond acceptors (Lipinski definition) is 28. The van der Waals surface area contributed by atoms with E-state index in [9.17, 15) is 72.5 Å². The van der Waals surface area contributed by atoms with Crippen LogP contribution in [0.4, 0.5) is 5.69 Å². The summed E-state index contributed by atoms with van der Waals surface area (Å²) in [4.78, 5) is 195. The Hall–Kier alpha value is -8.23. The first-order chi connectivity index (χ1) is 56.6. The lowest BCUT2D eigenvalue weighted by atomic mass is 9.81. The van der Waals surface area contributed by atoms with E-state index in [2.05, 4.69) is 36.9 Å². The molecule has 0 saturated carbocycles. The van der Waals surface area contributed by atoms with E-state index in [-0.39, 0.29) is 243 Å². The molecule has 1 aliphatic heterocycles. The average molecular weight is 1720 g/mol. The molecule has 9 amide bonds. The van der Waals surface area contributed by atoms with Crippen molar-refractivity contribution >= 4 is 112 Å². The number of ether oxygens (including phenoxy) is 8. The number of rotatable bonds is 66. The van der Waals surface area contributed by atoms with Crippen LogP contribution in [0, 0.1) is 23.7 Å². The molecule has 0 aliphatic carbocycles. The normalized spacial score (nSPS) is 14.5. The quantitative estimate of drug-likeness (QED) is 0.0168. The van der Waals surface area contributed by atoms with Gasteiger partial charge in [-0.15, -0.1) is 11.3 Å². The molecule has 2 heterocycles. The number of benzene rings is 1. The van der Waals surface area contributed by atoms with Gasteiger partial charge in [0.25, 0.3) is 5.91 Å². The number of likely N-dealkylation sites (tertiary alicyclic amines) is 1. The van der Waals surface area contributed by atoms with Crippen molar-refractivity contribution < 1.29 is 120 Å². The summed E-state index contributed by atoms with van der Waals surface area (Å²) in [6.07, 6.45) is 4.13. The number of esters is 1. The molecule has 2 unspecified atom stereocenters. The van der Waals surface area contributed by atoms with E-state index in [0.29, 0.717) is 84.2 Å². The minimum absolute atomic E-state index is 0.00441. The molecule has 0 radical (unpaired) electrons. The summed E-state index contributed by atoms with van der Waals surface area (Å²) in [5.41, 5.74) is -0.281. The van der Waals surface area contributed by atoms with Crippen molar-refractivity contribution in [2.45, 2.75) is 213 Å². The van der Waals surface area contributed by atoms with E-state index >= 15 is 0 Å². The Balaban J connectivity index is 0.0000157. The minimum atomic E-state index is -1.11. The van der Waals surface area contributed by atoms with Gasteiger partial charge in [0.05, 0.1) is 114 Å². The van der Waals surface area contributed by atoms with Gasteiger partial charge in [0.15, 0.2) is 17.7 Å². The zero-order chi connectivity index (χ0) is 88.8. The van der Waals surface area contributed by atoms with Gasteiger partial charge in [0.1, 0.15) is 16.5 Å². The molecular formula is C82H132N10O25S2. The number of aromatic nitrogens is 1. The topological polar surface area (TPSA) is 465 Å². The van der Waals surface area contributed by atoms with Crippen LogP contribution in [0.1, 0.15) is 199 Å². The van der Waals surface area contributed by atoms with Gasteiger partial charge >= 0.3 is 18.1 Å². The fourth-order valence-electron chi connectivity index (χ4n) is 12.3. The Morgan fingerprint density at radius 2 is 1.22 bits per heavy atom. The maximum Gasteiger partial charge on any atom is 0.373 e. The van der Waals surface area contributed by atoms with Gasteiger partial charge in [-0.2, -0.15) is 21.4 Å². The van der Waals surface area contributed by atoms with Crippen LogP contribution in [-0.2, 0) is 111 Å². The number of likely N-dealkylation sites (N-methyl/N-ethyl adjacent to an activating group) is 1. The third kappa shape index (κ3) is 44.2. The summed E-state index contributed by atoms with van der Waals surface area (Å²) < 4.78 is 43.8. The van der Waals surface area contributed by atoms with Crippen LogP contribution in [0.2, 0.25) is 0 Å². The van der Waals surface area contributed by atoms with Crippen molar-refractivity contribution in [3.8, 4) is 5.75 Å². The van der Waals surface area contributed by atoms with Crippen molar-refractivity contribution in [1.82, 2.24) is 46.3 Å². The highest BCUT2D eigenvalue weighted by atomic mass is 32.2. The predicted octanol–water partition coefficient (Wildman–Crippen LogP) is 5.80. The number of phenolic OH excluding ortho intramolecular Hbond substituents is 1. The van der Waals surface area contributed by atoms with Crippen LogP contribution in [0.25, 0.3) is 0 Å². The number of nitrogens with zero attached hydrogens (tertiary/aromatic N) is 4. The molecule has 3 rings (SSSR count). The lowest BCUT2D eigenvalue weighted by Gasteiger charge is -2.38. The van der Waals surface area contributed by atoms with Gasteiger partial charge in [-0.25, -0.2) is 4.98 Å². The minimum Gasteiger partial charge on any atom is -0.506 e. The Morgan fingerprint density at radius 3 is 1.74 bits per heavy atom. The van der Waals surface area contributed by atoms with E-state index in [0.717, 1.165) is 16.2 Å². The number of aromatic hydroxyl groups is 1. The number of carboxylic acids is 1. The zero-order valence-electron chi connectivity index (χ0n) is 71.9. The van der Waals surface area contributed by atoms with Crippen LogP contribution in [0.5, 0.6) is 5.75 Å². The number of carbonyl (C=O) groups is 13. The first kappa shape index (κ1) is 107. The number of ketones is 2. The number of hydrogen-bond donors (Lipinski definition) is 8. The number of phenols is 1. The number of Topliss-reactive ketones (excluding diaryl/α,β-unsaturated/α-hetero) is 2. The average Bonchev–Trinajstić information content (AvgIpc) is 1.81. The van der Waals surface area contributed by atoms with E-state index in [1.54, 1.807) is 24.3 Å². The molecule has 1 aromatic carbocycles. The highest BCUT2D eigenvalue weighted by Gasteiger charge is 2.41. The summed E-state index contributed by atoms with van der Waals surface area (Å²) in [7, 11) is 5.32. The van der Waals surface area contributed by atoms with Crippen molar-refractivity contribution in [2.75, 3.05) is 151 Å². The number of anilines is 1. The lowest BCUT2D eigenvalue weighted by Crippen LogP contribution is -2.50. The van der Waals surface area contributed by atoms with E-state index < -0.39 is 76.5 Å². The molecule has 8 atom stereocenters. The number of thioether (sulfide) groups is 1. The zero-order valence-corrected chi connectivity index (χ0v) is 73.5. The number of carbonyl (C=O) groups excluding carboxylic acids is 14. The summed E-state index contributed by atoms with van der Waals surface area (Å²) in [5.74, 6) is -7.13. The van der Waals surface area contributed by atoms with Crippen molar-refractivity contribution in [1.29, 1.82) is 0 Å². The molecule has 1 aliphatic rings. The van der Waals surface area contributed by atoms with Crippen LogP contribution in [0.15, 0.2) is 23.6 Å². The van der Waals surface area contributed by atoms with E-state index in [1.165, 1.54) is 43.1 Å². The number of amides is 9. The fourth-order valence-corrected chi connectivity index (χ4v) is 13.8. The number of carboxylic acid groups (broad SMARTS) is 1. The molecule has 119 heavy (non-hydrogen) atoms. The number of thiazole rings is 1. The Kier molecular flexibility index (Phi) is 54.9. The third-order valence-electron chi connectivity index (χ3n) is 20.0. The van der Waals surface area contributed by atoms with Crippen molar-refractivity contribution in [3.05, 3.63) is 39.8 Å². The van der Waals surface area contributed by atoms with Crippen molar-refractivity contribution in [3.63, 3.8) is 0 Å². The summed E-state index contributed by atoms with van der Waals surface area (Å²) in [6, 6.07) is 2.22. The monoisotopic (exact) mass is 1720 g/mol. The largest absolute Gasteiger partial charge is 0.506 e. The molecule has 8 N–H and O–H groups in total. The molecule has 35 nitrogen and oxygen atoms in total. The number of aliphatic carboxylic acids is 1.